The molecular weight excluding hydrogens is 298 g/mol. The Labute approximate surface area is 133 Å². The maximum Gasteiger partial charge on any atom is 0.276 e. The summed E-state index contributed by atoms with van der Waals surface area (Å²) in [6.07, 6.45) is 2.10. The lowest BCUT2D eigenvalue weighted by Gasteiger charge is -2.19. The molecule has 23 heavy (non-hydrogen) atoms. The van der Waals surface area contributed by atoms with Gasteiger partial charge in [-0.1, -0.05) is 0 Å². The molecule has 3 heterocycles. The van der Waals surface area contributed by atoms with Gasteiger partial charge in [0, 0.05) is 24.7 Å². The van der Waals surface area contributed by atoms with Crippen LogP contribution in [0.3, 0.4) is 0 Å². The predicted octanol–water partition coefficient (Wildman–Crippen LogP) is 1.29. The molecular formula is C16H17N3O4. The zero-order chi connectivity index (χ0) is 15.8. The molecule has 1 saturated heterocycles. The lowest BCUT2D eigenvalue weighted by Crippen LogP contribution is -2.32. The Kier molecular flexibility index (Phi) is 3.42. The Bertz CT molecular complexity index is 743. The molecule has 1 amide bonds. The fourth-order valence-electron chi connectivity index (χ4n) is 2.91. The van der Waals surface area contributed by atoms with Crippen molar-refractivity contribution >= 4 is 5.91 Å². The van der Waals surface area contributed by atoms with Crippen LogP contribution in [0.15, 0.2) is 29.0 Å². The molecule has 2 aliphatic heterocycles. The number of hydrogen-bond acceptors (Lipinski definition) is 6. The summed E-state index contributed by atoms with van der Waals surface area (Å²) in [7, 11) is 0. The molecule has 2 aromatic rings. The summed E-state index contributed by atoms with van der Waals surface area (Å²) in [6, 6.07) is 5.48. The Hall–Kier alpha value is -2.54. The molecule has 120 valence electrons. The van der Waals surface area contributed by atoms with Crippen LogP contribution in [0.5, 0.6) is 11.5 Å². The van der Waals surface area contributed by atoms with Gasteiger partial charge in [-0.25, -0.2) is 4.98 Å². The van der Waals surface area contributed by atoms with Crippen LogP contribution in [0.2, 0.25) is 0 Å². The second kappa shape index (κ2) is 5.58. The van der Waals surface area contributed by atoms with E-state index >= 15 is 0 Å². The Morgan fingerprint density at radius 1 is 1.26 bits per heavy atom. The van der Waals surface area contributed by atoms with E-state index in [1.807, 2.05) is 18.2 Å². The van der Waals surface area contributed by atoms with Crippen molar-refractivity contribution in [2.45, 2.75) is 12.5 Å². The lowest BCUT2D eigenvalue weighted by atomic mass is 10.1. The van der Waals surface area contributed by atoms with Gasteiger partial charge in [0.25, 0.3) is 5.91 Å². The summed E-state index contributed by atoms with van der Waals surface area (Å²) in [4.78, 5) is 18.4. The van der Waals surface area contributed by atoms with Gasteiger partial charge in [0.1, 0.15) is 13.2 Å². The van der Waals surface area contributed by atoms with Crippen LogP contribution >= 0.6 is 0 Å². The van der Waals surface area contributed by atoms with Crippen molar-refractivity contribution < 1.29 is 18.7 Å². The van der Waals surface area contributed by atoms with Crippen LogP contribution in [-0.4, -0.2) is 48.1 Å². The molecule has 1 atom stereocenters. The van der Waals surface area contributed by atoms with Gasteiger partial charge in [0.05, 0.1) is 0 Å². The zero-order valence-electron chi connectivity index (χ0n) is 12.5. The standard InChI is InChI=1S/C16H17N3O4/c17-11-3-4-19(8-11)16(20)14-15(23-9-18-14)10-1-2-12-13(7-10)22-6-5-21-12/h1-2,7,9,11H,3-6,8,17H2. The van der Waals surface area contributed by atoms with E-state index in [9.17, 15) is 4.79 Å². The van der Waals surface area contributed by atoms with Crippen LogP contribution < -0.4 is 15.2 Å². The number of hydrogen-bond donors (Lipinski definition) is 1. The molecule has 0 radical (unpaired) electrons. The maximum absolute atomic E-state index is 12.6. The number of fused-ring (bicyclic) bond motifs is 1. The molecule has 0 bridgehead atoms. The molecule has 1 fully saturated rings. The smallest absolute Gasteiger partial charge is 0.276 e. The highest BCUT2D eigenvalue weighted by molar-refractivity contribution is 5.98. The van der Waals surface area contributed by atoms with Crippen LogP contribution in [0.1, 0.15) is 16.9 Å². The second-order valence-electron chi connectivity index (χ2n) is 5.69. The minimum atomic E-state index is -0.156. The first kappa shape index (κ1) is 14.1. The van der Waals surface area contributed by atoms with Crippen molar-refractivity contribution in [1.82, 2.24) is 9.88 Å². The van der Waals surface area contributed by atoms with Crippen LogP contribution in [-0.2, 0) is 0 Å². The topological polar surface area (TPSA) is 90.8 Å². The molecule has 2 N–H and O–H groups in total. The number of carbonyl (C=O) groups excluding carboxylic acids is 1. The Morgan fingerprint density at radius 3 is 2.87 bits per heavy atom. The van der Waals surface area contributed by atoms with Gasteiger partial charge in [-0.2, -0.15) is 0 Å². The Balaban J connectivity index is 1.66. The van der Waals surface area contributed by atoms with Crippen molar-refractivity contribution in [3.05, 3.63) is 30.3 Å². The quantitative estimate of drug-likeness (QED) is 0.898. The third-order valence-electron chi connectivity index (χ3n) is 4.09. The lowest BCUT2D eigenvalue weighted by molar-refractivity contribution is 0.0786. The summed E-state index contributed by atoms with van der Waals surface area (Å²) >= 11 is 0. The van der Waals surface area contributed by atoms with Gasteiger partial charge in [-0.3, -0.25) is 4.79 Å². The monoisotopic (exact) mass is 315 g/mol. The fourth-order valence-corrected chi connectivity index (χ4v) is 2.91. The van der Waals surface area contributed by atoms with Crippen molar-refractivity contribution in [2.24, 2.45) is 5.73 Å². The number of nitrogens with two attached hydrogens (primary N) is 1. The number of oxazole rings is 1. The highest BCUT2D eigenvalue weighted by Gasteiger charge is 2.29. The second-order valence-corrected chi connectivity index (χ2v) is 5.69. The summed E-state index contributed by atoms with van der Waals surface area (Å²) in [6.45, 7) is 2.23. The third-order valence-corrected chi connectivity index (χ3v) is 4.09. The molecule has 1 aromatic heterocycles. The molecule has 0 aliphatic carbocycles. The molecule has 0 saturated carbocycles. The first-order chi connectivity index (χ1) is 11.2. The minimum absolute atomic E-state index is 0.0311. The van der Waals surface area contributed by atoms with Crippen molar-refractivity contribution in [3.63, 3.8) is 0 Å². The predicted molar refractivity (Wildman–Crippen MR) is 81.4 cm³/mol. The van der Waals surface area contributed by atoms with E-state index in [0.29, 0.717) is 49.3 Å². The molecule has 7 nitrogen and oxygen atoms in total. The van der Waals surface area contributed by atoms with Crippen LogP contribution in [0.4, 0.5) is 0 Å². The molecule has 1 aromatic carbocycles. The average molecular weight is 315 g/mol. The van der Waals surface area contributed by atoms with E-state index in [2.05, 4.69) is 4.98 Å². The van der Waals surface area contributed by atoms with Gasteiger partial charge in [-0.15, -0.1) is 0 Å². The molecule has 2 aliphatic rings. The fraction of sp³-hybridized carbons (Fsp3) is 0.375. The number of benzene rings is 1. The van der Waals surface area contributed by atoms with Gasteiger partial charge in [-0.05, 0) is 24.6 Å². The summed E-state index contributed by atoms with van der Waals surface area (Å²) < 4.78 is 16.5. The normalized spacial score (nSPS) is 19.9. The van der Waals surface area contributed by atoms with Crippen LogP contribution in [0, 0.1) is 0 Å². The van der Waals surface area contributed by atoms with E-state index in [4.69, 9.17) is 19.6 Å². The van der Waals surface area contributed by atoms with E-state index < -0.39 is 0 Å². The number of amides is 1. The van der Waals surface area contributed by atoms with Gasteiger partial charge < -0.3 is 24.5 Å². The summed E-state index contributed by atoms with van der Waals surface area (Å²) in [5.41, 5.74) is 6.91. The van der Waals surface area contributed by atoms with E-state index in [-0.39, 0.29) is 11.9 Å². The van der Waals surface area contributed by atoms with Crippen molar-refractivity contribution in [1.29, 1.82) is 0 Å². The number of ether oxygens (including phenoxy) is 2. The third kappa shape index (κ3) is 2.53. The highest BCUT2D eigenvalue weighted by Crippen LogP contribution is 2.35. The zero-order valence-corrected chi connectivity index (χ0v) is 12.5. The number of likely N-dealkylation sites (tertiary alicyclic amines) is 1. The first-order valence-electron chi connectivity index (χ1n) is 7.61. The average Bonchev–Trinajstić information content (AvgIpc) is 3.23. The largest absolute Gasteiger partial charge is 0.486 e. The van der Waals surface area contributed by atoms with Crippen molar-refractivity contribution in [2.75, 3.05) is 26.3 Å². The minimum Gasteiger partial charge on any atom is -0.486 e. The van der Waals surface area contributed by atoms with Crippen molar-refractivity contribution in [3.8, 4) is 22.8 Å². The molecule has 0 spiro atoms. The summed E-state index contributed by atoms with van der Waals surface area (Å²) in [5, 5.41) is 0. The first-order valence-corrected chi connectivity index (χ1v) is 7.61. The number of rotatable bonds is 2. The number of nitrogens with zero attached hydrogens (tertiary/aromatic N) is 2. The molecule has 4 rings (SSSR count). The molecule has 1 unspecified atom stereocenters. The number of aromatic nitrogens is 1. The van der Waals surface area contributed by atoms with Gasteiger partial charge >= 0.3 is 0 Å². The SMILES string of the molecule is NC1CCN(C(=O)c2ncoc2-c2ccc3c(c2)OCCO3)C1. The summed E-state index contributed by atoms with van der Waals surface area (Å²) in [5.74, 6) is 1.62. The van der Waals surface area contributed by atoms with Crippen LogP contribution in [0.25, 0.3) is 11.3 Å². The Morgan fingerprint density at radius 2 is 2.09 bits per heavy atom. The van der Waals surface area contributed by atoms with Gasteiger partial charge in [0.15, 0.2) is 29.3 Å². The molecule has 7 heteroatoms. The van der Waals surface area contributed by atoms with Gasteiger partial charge in [0.2, 0.25) is 0 Å². The van der Waals surface area contributed by atoms with E-state index in [0.717, 1.165) is 12.0 Å². The van der Waals surface area contributed by atoms with E-state index in [1.165, 1.54) is 6.39 Å². The highest BCUT2D eigenvalue weighted by atomic mass is 16.6. The maximum atomic E-state index is 12.6. The van der Waals surface area contributed by atoms with E-state index in [1.54, 1.807) is 4.90 Å². The number of carbonyl (C=O) groups is 1.